The van der Waals surface area contributed by atoms with Crippen LogP contribution in [0.15, 0.2) is 0 Å². The summed E-state index contributed by atoms with van der Waals surface area (Å²) in [7, 11) is 3.37. The van der Waals surface area contributed by atoms with Crippen molar-refractivity contribution >= 4 is 5.97 Å². The van der Waals surface area contributed by atoms with E-state index < -0.39 is 0 Å². The summed E-state index contributed by atoms with van der Waals surface area (Å²) in [6.07, 6.45) is 3.31. The van der Waals surface area contributed by atoms with Crippen molar-refractivity contribution in [2.24, 2.45) is 5.92 Å². The van der Waals surface area contributed by atoms with Crippen LogP contribution in [0.3, 0.4) is 0 Å². The normalized spacial score (nSPS) is 27.5. The number of carbonyl (C=O) groups is 1. The van der Waals surface area contributed by atoms with E-state index in [4.69, 9.17) is 18.9 Å². The van der Waals surface area contributed by atoms with Crippen LogP contribution in [0.1, 0.15) is 19.3 Å². The number of nitrogens with zero attached hydrogens (tertiary/aromatic N) is 1. The molecule has 0 aromatic carbocycles. The van der Waals surface area contributed by atoms with Gasteiger partial charge in [-0.15, -0.1) is 0 Å². The Morgan fingerprint density at radius 1 is 1.10 bits per heavy atom. The van der Waals surface area contributed by atoms with Crippen LogP contribution < -0.4 is 0 Å². The molecule has 0 saturated carbocycles. The van der Waals surface area contributed by atoms with Crippen LogP contribution in [0.25, 0.3) is 0 Å². The maximum absolute atomic E-state index is 12.1. The molecule has 0 aromatic heterocycles. The Bertz CT molecular complexity index is 317. The van der Waals surface area contributed by atoms with Gasteiger partial charge in [0, 0.05) is 33.9 Å². The predicted octanol–water partition coefficient (Wildman–Crippen LogP) is 0.692. The van der Waals surface area contributed by atoms with E-state index >= 15 is 0 Å². The molecule has 2 rings (SSSR count). The molecule has 2 fully saturated rings. The third-order valence-corrected chi connectivity index (χ3v) is 4.28. The van der Waals surface area contributed by atoms with E-state index in [0.29, 0.717) is 26.4 Å². The largest absolute Gasteiger partial charge is 0.464 e. The number of methoxy groups -OCH3 is 2. The lowest BCUT2D eigenvalue weighted by Crippen LogP contribution is -2.35. The molecule has 2 heterocycles. The Kier molecular flexibility index (Phi) is 6.89. The molecular formula is C15H27NO5. The zero-order chi connectivity index (χ0) is 15.1. The van der Waals surface area contributed by atoms with Gasteiger partial charge in [0.2, 0.25) is 0 Å². The van der Waals surface area contributed by atoms with Gasteiger partial charge in [-0.1, -0.05) is 0 Å². The highest BCUT2D eigenvalue weighted by Crippen LogP contribution is 2.39. The van der Waals surface area contributed by atoms with Gasteiger partial charge in [-0.2, -0.15) is 0 Å². The Balaban J connectivity index is 1.65. The van der Waals surface area contributed by atoms with Gasteiger partial charge >= 0.3 is 5.97 Å². The number of fused-ring (bicyclic) bond motifs is 2. The van der Waals surface area contributed by atoms with E-state index in [-0.39, 0.29) is 24.1 Å². The minimum absolute atomic E-state index is 0.0462. The summed E-state index contributed by atoms with van der Waals surface area (Å²) in [5.41, 5.74) is 0. The summed E-state index contributed by atoms with van der Waals surface area (Å²) in [4.78, 5) is 14.3. The smallest absolute Gasteiger partial charge is 0.311 e. The molecule has 2 aliphatic heterocycles. The Morgan fingerprint density at radius 3 is 2.29 bits per heavy atom. The van der Waals surface area contributed by atoms with Crippen LogP contribution in [0, 0.1) is 5.92 Å². The van der Waals surface area contributed by atoms with Crippen molar-refractivity contribution in [1.82, 2.24) is 4.90 Å². The molecule has 2 bridgehead atoms. The lowest BCUT2D eigenvalue weighted by Gasteiger charge is -2.22. The quantitative estimate of drug-likeness (QED) is 0.553. The summed E-state index contributed by atoms with van der Waals surface area (Å²) >= 11 is 0. The van der Waals surface area contributed by atoms with E-state index in [2.05, 4.69) is 4.90 Å². The third kappa shape index (κ3) is 4.92. The van der Waals surface area contributed by atoms with Gasteiger partial charge in [-0.3, -0.25) is 9.69 Å². The molecule has 0 amide bonds. The maximum atomic E-state index is 12.1. The highest BCUT2D eigenvalue weighted by Gasteiger charge is 2.45. The Morgan fingerprint density at radius 2 is 1.76 bits per heavy atom. The molecule has 0 aromatic rings. The number of esters is 1. The zero-order valence-corrected chi connectivity index (χ0v) is 13.1. The molecule has 6 nitrogen and oxygen atoms in total. The molecule has 6 heteroatoms. The summed E-state index contributed by atoms with van der Waals surface area (Å²) in [5, 5.41) is 0. The minimum atomic E-state index is -0.0966. The van der Waals surface area contributed by atoms with Gasteiger partial charge < -0.3 is 18.9 Å². The first-order chi connectivity index (χ1) is 10.2. The van der Waals surface area contributed by atoms with Crippen molar-refractivity contribution in [1.29, 1.82) is 0 Å². The molecule has 21 heavy (non-hydrogen) atoms. The predicted molar refractivity (Wildman–Crippen MR) is 77.2 cm³/mol. The first-order valence-corrected chi connectivity index (χ1v) is 7.77. The summed E-state index contributed by atoms with van der Waals surface area (Å²) in [5.74, 6) is -0.143. The topological polar surface area (TPSA) is 57.2 Å². The van der Waals surface area contributed by atoms with Crippen LogP contribution in [-0.4, -0.2) is 76.8 Å². The molecule has 2 saturated heterocycles. The molecule has 3 atom stereocenters. The zero-order valence-electron chi connectivity index (χ0n) is 13.1. The number of ether oxygens (including phenoxy) is 4. The van der Waals surface area contributed by atoms with Crippen LogP contribution in [0.4, 0.5) is 0 Å². The minimum Gasteiger partial charge on any atom is -0.464 e. The number of carbonyl (C=O) groups excluding carboxylic acids is 1. The highest BCUT2D eigenvalue weighted by atomic mass is 16.5. The summed E-state index contributed by atoms with van der Waals surface area (Å²) in [6, 6.07) is 0. The first kappa shape index (κ1) is 16.7. The Hall–Kier alpha value is -0.690. The molecule has 122 valence electrons. The van der Waals surface area contributed by atoms with Crippen LogP contribution in [0.2, 0.25) is 0 Å². The van der Waals surface area contributed by atoms with Gasteiger partial charge in [0.25, 0.3) is 0 Å². The second-order valence-electron chi connectivity index (χ2n) is 5.71. The summed E-state index contributed by atoms with van der Waals surface area (Å²) in [6.45, 7) is 4.08. The number of rotatable bonds is 10. The molecule has 0 radical (unpaired) electrons. The second kappa shape index (κ2) is 8.68. The lowest BCUT2D eigenvalue weighted by molar-refractivity contribution is -0.150. The van der Waals surface area contributed by atoms with Crippen LogP contribution in [0.5, 0.6) is 0 Å². The molecule has 0 N–H and O–H groups in total. The highest BCUT2D eigenvalue weighted by molar-refractivity contribution is 5.73. The average molecular weight is 301 g/mol. The van der Waals surface area contributed by atoms with Crippen molar-refractivity contribution in [2.75, 3.05) is 53.7 Å². The standard InChI is InChI=1S/C15H27NO5/c1-18-8-5-16(6-9-19-2)7-10-20-15(17)13-11-12-3-4-14(13)21-12/h12-14H,3-11H2,1-2H3. The van der Waals surface area contributed by atoms with Crippen molar-refractivity contribution < 1.29 is 23.7 Å². The van der Waals surface area contributed by atoms with E-state index in [0.717, 1.165) is 32.4 Å². The van der Waals surface area contributed by atoms with Crippen LogP contribution in [-0.2, 0) is 23.7 Å². The van der Waals surface area contributed by atoms with Gasteiger partial charge in [0.1, 0.15) is 6.61 Å². The van der Waals surface area contributed by atoms with Gasteiger partial charge in [0.15, 0.2) is 0 Å². The first-order valence-electron chi connectivity index (χ1n) is 7.77. The van der Waals surface area contributed by atoms with Crippen molar-refractivity contribution in [3.8, 4) is 0 Å². The Labute approximate surface area is 126 Å². The lowest BCUT2D eigenvalue weighted by atomic mass is 9.89. The van der Waals surface area contributed by atoms with Gasteiger partial charge in [-0.25, -0.2) is 0 Å². The fourth-order valence-corrected chi connectivity index (χ4v) is 3.04. The molecule has 0 spiro atoms. The molecule has 3 unspecified atom stereocenters. The fraction of sp³-hybridized carbons (Fsp3) is 0.933. The summed E-state index contributed by atoms with van der Waals surface area (Å²) < 4.78 is 21.3. The monoisotopic (exact) mass is 301 g/mol. The van der Waals surface area contributed by atoms with E-state index in [1.54, 1.807) is 14.2 Å². The average Bonchev–Trinajstić information content (AvgIpc) is 3.12. The number of hydrogen-bond donors (Lipinski definition) is 0. The fourth-order valence-electron chi connectivity index (χ4n) is 3.04. The molecule has 2 aliphatic rings. The van der Waals surface area contributed by atoms with E-state index in [1.165, 1.54) is 0 Å². The van der Waals surface area contributed by atoms with Crippen molar-refractivity contribution in [3.05, 3.63) is 0 Å². The van der Waals surface area contributed by atoms with E-state index in [9.17, 15) is 4.79 Å². The van der Waals surface area contributed by atoms with Gasteiger partial charge in [0.05, 0.1) is 31.3 Å². The second-order valence-corrected chi connectivity index (χ2v) is 5.71. The van der Waals surface area contributed by atoms with Crippen molar-refractivity contribution in [2.45, 2.75) is 31.5 Å². The molecular weight excluding hydrogens is 274 g/mol. The molecule has 0 aliphatic carbocycles. The van der Waals surface area contributed by atoms with Crippen molar-refractivity contribution in [3.63, 3.8) is 0 Å². The van der Waals surface area contributed by atoms with Gasteiger partial charge in [-0.05, 0) is 19.3 Å². The van der Waals surface area contributed by atoms with Crippen LogP contribution >= 0.6 is 0 Å². The van der Waals surface area contributed by atoms with E-state index in [1.807, 2.05) is 0 Å². The number of hydrogen-bond acceptors (Lipinski definition) is 6. The maximum Gasteiger partial charge on any atom is 0.311 e. The third-order valence-electron chi connectivity index (χ3n) is 4.28. The SMILES string of the molecule is COCCN(CCOC)CCOC(=O)C1CC2CCC1O2.